The van der Waals surface area contributed by atoms with Gasteiger partial charge in [0.05, 0.1) is 12.2 Å². The van der Waals surface area contributed by atoms with Crippen molar-refractivity contribution < 1.29 is 23.8 Å². The van der Waals surface area contributed by atoms with Crippen LogP contribution in [0.4, 0.5) is 16.4 Å². The monoisotopic (exact) mass is 544 g/mol. The highest BCUT2D eigenvalue weighted by atomic mass is 16.6. The quantitative estimate of drug-likeness (QED) is 0.348. The summed E-state index contributed by atoms with van der Waals surface area (Å²) < 4.78 is 17.0. The molecule has 2 aromatic heterocycles. The second kappa shape index (κ2) is 11.5. The first-order valence-electron chi connectivity index (χ1n) is 13.6. The number of benzene rings is 1. The summed E-state index contributed by atoms with van der Waals surface area (Å²) in [4.78, 5) is 34.7. The Kier molecular flexibility index (Phi) is 7.47. The molecule has 3 aliphatic rings. The van der Waals surface area contributed by atoms with Gasteiger partial charge in [-0.15, -0.1) is 0 Å². The molecule has 208 valence electrons. The number of carbonyl (C=O) groups excluding carboxylic acids is 2. The molecule has 0 radical (unpaired) electrons. The molecule has 3 aromatic rings. The summed E-state index contributed by atoms with van der Waals surface area (Å²) >= 11 is 0. The molecule has 2 saturated heterocycles. The minimum atomic E-state index is -0.453. The van der Waals surface area contributed by atoms with Crippen molar-refractivity contribution in [1.29, 1.82) is 0 Å². The van der Waals surface area contributed by atoms with Crippen LogP contribution in [0.15, 0.2) is 54.6 Å². The topological polar surface area (TPSA) is 127 Å². The Balaban J connectivity index is 1.00. The van der Waals surface area contributed by atoms with E-state index in [2.05, 4.69) is 40.0 Å². The van der Waals surface area contributed by atoms with Crippen LogP contribution in [0.2, 0.25) is 0 Å². The largest absolute Gasteiger partial charge is 0.480 e. The second-order valence-corrected chi connectivity index (χ2v) is 10.2. The maximum atomic E-state index is 12.5. The van der Waals surface area contributed by atoms with Crippen molar-refractivity contribution >= 4 is 23.6 Å². The number of amides is 2. The number of fused-ring (bicyclic) bond motifs is 1. The van der Waals surface area contributed by atoms with Gasteiger partial charge >= 0.3 is 6.09 Å². The first-order valence-corrected chi connectivity index (χ1v) is 13.6. The zero-order valence-electron chi connectivity index (χ0n) is 22.3. The van der Waals surface area contributed by atoms with Crippen molar-refractivity contribution in [3.05, 3.63) is 60.2 Å². The van der Waals surface area contributed by atoms with Crippen LogP contribution in [-0.2, 0) is 16.1 Å². The van der Waals surface area contributed by atoms with Gasteiger partial charge in [-0.05, 0) is 62.7 Å². The molecule has 2 amide bonds. The smallest absolute Gasteiger partial charge is 0.415 e. The van der Waals surface area contributed by atoms with Crippen LogP contribution >= 0.6 is 0 Å². The zero-order chi connectivity index (χ0) is 27.5. The van der Waals surface area contributed by atoms with Crippen molar-refractivity contribution in [2.45, 2.75) is 44.6 Å². The fraction of sp³-hybridized carbons (Fsp3) is 0.379. The Hall–Kier alpha value is -4.22. The molecule has 6 rings (SSSR count). The van der Waals surface area contributed by atoms with Gasteiger partial charge in [0.1, 0.15) is 18.0 Å². The molecule has 3 aliphatic heterocycles. The fourth-order valence-electron chi connectivity index (χ4n) is 5.09. The number of cyclic esters (lactones) is 1. The van der Waals surface area contributed by atoms with Crippen LogP contribution in [0.1, 0.15) is 25.3 Å². The van der Waals surface area contributed by atoms with Crippen molar-refractivity contribution in [1.82, 2.24) is 20.6 Å². The first-order chi connectivity index (χ1) is 19.5. The van der Waals surface area contributed by atoms with Gasteiger partial charge in [-0.3, -0.25) is 9.69 Å². The lowest BCUT2D eigenvalue weighted by Crippen LogP contribution is -2.30. The van der Waals surface area contributed by atoms with E-state index in [0.29, 0.717) is 55.4 Å². The SMILES string of the molecule is C[C@@H]1NCC[C@@H]1Oc1cccc(-c2cccc(CNCC[C@H]3CN(c4ccc5c(n4)NC(=O)CO5)C(=O)O3)c2)n1. The van der Waals surface area contributed by atoms with Gasteiger partial charge < -0.3 is 30.2 Å². The number of hydrogen-bond donors (Lipinski definition) is 3. The van der Waals surface area contributed by atoms with Crippen molar-refractivity contribution in [3.63, 3.8) is 0 Å². The molecule has 5 heterocycles. The highest BCUT2D eigenvalue weighted by Gasteiger charge is 2.33. The van der Waals surface area contributed by atoms with E-state index in [1.54, 1.807) is 12.1 Å². The van der Waals surface area contributed by atoms with Crippen LogP contribution < -0.4 is 30.3 Å². The summed E-state index contributed by atoms with van der Waals surface area (Å²) in [7, 11) is 0. The van der Waals surface area contributed by atoms with E-state index >= 15 is 0 Å². The highest BCUT2D eigenvalue weighted by Crippen LogP contribution is 2.30. The van der Waals surface area contributed by atoms with E-state index in [-0.39, 0.29) is 24.7 Å². The van der Waals surface area contributed by atoms with Gasteiger partial charge in [-0.1, -0.05) is 24.3 Å². The fourth-order valence-corrected chi connectivity index (χ4v) is 5.09. The van der Waals surface area contributed by atoms with Crippen LogP contribution in [0.3, 0.4) is 0 Å². The molecule has 0 aliphatic carbocycles. The first kappa shape index (κ1) is 26.0. The summed E-state index contributed by atoms with van der Waals surface area (Å²) in [5, 5.41) is 9.51. The normalized spacial score (nSPS) is 21.9. The van der Waals surface area contributed by atoms with Crippen molar-refractivity contribution in [2.24, 2.45) is 0 Å². The van der Waals surface area contributed by atoms with Gasteiger partial charge in [0.2, 0.25) is 5.88 Å². The zero-order valence-corrected chi connectivity index (χ0v) is 22.3. The third-order valence-corrected chi connectivity index (χ3v) is 7.25. The van der Waals surface area contributed by atoms with Crippen LogP contribution in [0.25, 0.3) is 11.3 Å². The van der Waals surface area contributed by atoms with E-state index in [0.717, 1.165) is 29.8 Å². The Morgan fingerprint density at radius 2 is 2.02 bits per heavy atom. The maximum absolute atomic E-state index is 12.5. The molecule has 0 unspecified atom stereocenters. The maximum Gasteiger partial charge on any atom is 0.415 e. The highest BCUT2D eigenvalue weighted by molar-refractivity contribution is 5.95. The molecule has 3 atom stereocenters. The Morgan fingerprint density at radius 1 is 1.12 bits per heavy atom. The number of nitrogens with zero attached hydrogens (tertiary/aromatic N) is 3. The Morgan fingerprint density at radius 3 is 2.90 bits per heavy atom. The van der Waals surface area contributed by atoms with E-state index in [9.17, 15) is 9.59 Å². The predicted octanol–water partition coefficient (Wildman–Crippen LogP) is 3.11. The molecule has 0 spiro atoms. The van der Waals surface area contributed by atoms with Gasteiger partial charge in [0.15, 0.2) is 18.2 Å². The number of pyridine rings is 2. The summed E-state index contributed by atoms with van der Waals surface area (Å²) in [6.07, 6.45) is 1.05. The molecular formula is C29H32N6O5. The number of aromatic nitrogens is 2. The number of ether oxygens (including phenoxy) is 3. The van der Waals surface area contributed by atoms with E-state index < -0.39 is 6.09 Å². The minimum absolute atomic E-state index is 0.0456. The van der Waals surface area contributed by atoms with Gasteiger partial charge in [0, 0.05) is 24.2 Å². The molecule has 0 saturated carbocycles. The lowest BCUT2D eigenvalue weighted by molar-refractivity contribution is -0.118. The van der Waals surface area contributed by atoms with E-state index in [1.165, 1.54) is 4.90 Å². The average molecular weight is 545 g/mol. The third-order valence-electron chi connectivity index (χ3n) is 7.25. The molecule has 2 fully saturated rings. The number of anilines is 2. The predicted molar refractivity (Wildman–Crippen MR) is 148 cm³/mol. The molecule has 11 nitrogen and oxygen atoms in total. The summed E-state index contributed by atoms with van der Waals surface area (Å²) in [6.45, 7) is 4.78. The van der Waals surface area contributed by atoms with Gasteiger partial charge in [0.25, 0.3) is 5.91 Å². The van der Waals surface area contributed by atoms with Gasteiger partial charge in [-0.25, -0.2) is 14.8 Å². The molecule has 1 aromatic carbocycles. The van der Waals surface area contributed by atoms with E-state index in [4.69, 9.17) is 19.2 Å². The molecule has 3 N–H and O–H groups in total. The van der Waals surface area contributed by atoms with Crippen LogP contribution in [-0.4, -0.2) is 66.5 Å². The number of carbonyl (C=O) groups is 2. The molecule has 11 heteroatoms. The summed E-state index contributed by atoms with van der Waals surface area (Å²) in [5.41, 5.74) is 3.03. The number of nitrogens with one attached hydrogen (secondary N) is 3. The second-order valence-electron chi connectivity index (χ2n) is 10.2. The van der Waals surface area contributed by atoms with Crippen LogP contribution in [0.5, 0.6) is 11.6 Å². The summed E-state index contributed by atoms with van der Waals surface area (Å²) in [6, 6.07) is 17.9. The average Bonchev–Trinajstić information content (AvgIpc) is 3.55. The van der Waals surface area contributed by atoms with Crippen molar-refractivity contribution in [2.75, 3.05) is 36.5 Å². The Labute approximate surface area is 232 Å². The Bertz CT molecular complexity index is 1400. The number of hydrogen-bond acceptors (Lipinski definition) is 9. The third kappa shape index (κ3) is 5.85. The molecule has 0 bridgehead atoms. The molecular weight excluding hydrogens is 512 g/mol. The number of rotatable bonds is 9. The standard InChI is InChI=1S/C29H32N6O5/c1-18-23(11-13-31-18)40-27-7-3-6-22(32-27)20-5-2-4-19(14-20)15-30-12-10-21-16-35(29(37)39-21)25-9-8-24-28(33-25)34-26(36)17-38-24/h2-9,14,18,21,23,30-31H,10-13,15-17H2,1H3,(H,33,34,36)/t18-,21-,23-/m0/s1. The van der Waals surface area contributed by atoms with Crippen LogP contribution in [0, 0.1) is 0 Å². The van der Waals surface area contributed by atoms with Crippen molar-refractivity contribution in [3.8, 4) is 22.9 Å². The van der Waals surface area contributed by atoms with E-state index in [1.807, 2.05) is 30.3 Å². The lowest BCUT2D eigenvalue weighted by atomic mass is 10.1. The molecule has 40 heavy (non-hydrogen) atoms. The van der Waals surface area contributed by atoms with Gasteiger partial charge in [-0.2, -0.15) is 0 Å². The lowest BCUT2D eigenvalue weighted by Gasteiger charge is -2.19. The summed E-state index contributed by atoms with van der Waals surface area (Å²) in [5.74, 6) is 1.57. The minimum Gasteiger partial charge on any atom is -0.480 e.